The Kier molecular flexibility index (Phi) is 7.49. The molecule has 8 nitrogen and oxygen atoms in total. The number of carboxylic acids is 1. The van der Waals surface area contributed by atoms with E-state index < -0.39 is 12.1 Å². The molecule has 3 heterocycles. The standard InChI is InChI=1S/C18H17N5OS.C2HF3O2/c24-16(22-8-12-2-3-13-9-19-10-14(13)6-12)7-15-11-25-18(23-15)17-20-4-1-5-21-17;3-2(4,5)1(6)7/h1-6,11,19H,7-10H2,(H,22,24);(H,6,7). The molecular formula is C20H18F3N5O3S. The Labute approximate surface area is 184 Å². The number of hydrogen-bond acceptors (Lipinski definition) is 7. The predicted molar refractivity (Wildman–Crippen MR) is 109 cm³/mol. The van der Waals surface area contributed by atoms with Gasteiger partial charge >= 0.3 is 12.1 Å². The Morgan fingerprint density at radius 2 is 1.84 bits per heavy atom. The van der Waals surface area contributed by atoms with Gasteiger partial charge in [0.15, 0.2) is 10.8 Å². The maximum atomic E-state index is 12.2. The number of aliphatic carboxylic acids is 1. The molecule has 0 aliphatic carbocycles. The van der Waals surface area contributed by atoms with E-state index >= 15 is 0 Å². The van der Waals surface area contributed by atoms with Gasteiger partial charge in [-0.2, -0.15) is 13.2 Å². The van der Waals surface area contributed by atoms with Crippen LogP contribution in [0.1, 0.15) is 22.4 Å². The SMILES string of the molecule is O=C(Cc1csc(-c2ncccn2)n1)NCc1ccc2c(c1)CNC2.O=C(O)C(F)(F)F. The molecule has 0 bridgehead atoms. The number of carbonyl (C=O) groups excluding carboxylic acids is 1. The minimum atomic E-state index is -5.08. The fraction of sp³-hybridized carbons (Fsp3) is 0.250. The molecule has 32 heavy (non-hydrogen) atoms. The maximum Gasteiger partial charge on any atom is 0.490 e. The second-order valence-electron chi connectivity index (χ2n) is 6.68. The maximum absolute atomic E-state index is 12.2. The van der Waals surface area contributed by atoms with Crippen molar-refractivity contribution in [3.8, 4) is 10.8 Å². The molecule has 1 aliphatic rings. The van der Waals surface area contributed by atoms with Gasteiger partial charge in [-0.15, -0.1) is 11.3 Å². The summed E-state index contributed by atoms with van der Waals surface area (Å²) >= 11 is 1.45. The van der Waals surface area contributed by atoms with Crippen LogP contribution >= 0.6 is 11.3 Å². The molecule has 0 spiro atoms. The third-order valence-corrected chi connectivity index (χ3v) is 5.17. The number of aromatic nitrogens is 3. The molecule has 1 aliphatic heterocycles. The number of thiazole rings is 1. The van der Waals surface area contributed by atoms with Crippen molar-refractivity contribution in [2.75, 3.05) is 0 Å². The van der Waals surface area contributed by atoms with E-state index in [2.05, 4.69) is 43.8 Å². The number of halogens is 3. The van der Waals surface area contributed by atoms with E-state index in [4.69, 9.17) is 9.90 Å². The van der Waals surface area contributed by atoms with E-state index in [0.717, 1.165) is 29.4 Å². The van der Waals surface area contributed by atoms with Crippen molar-refractivity contribution in [1.29, 1.82) is 0 Å². The van der Waals surface area contributed by atoms with Gasteiger partial charge in [0, 0.05) is 37.4 Å². The monoisotopic (exact) mass is 465 g/mol. The summed E-state index contributed by atoms with van der Waals surface area (Å²) in [6.45, 7) is 2.37. The lowest BCUT2D eigenvalue weighted by atomic mass is 10.1. The minimum absolute atomic E-state index is 0.0375. The number of hydrogen-bond donors (Lipinski definition) is 3. The first-order valence-electron chi connectivity index (χ1n) is 9.32. The van der Waals surface area contributed by atoms with Gasteiger partial charge in [0.05, 0.1) is 12.1 Å². The van der Waals surface area contributed by atoms with Gasteiger partial charge in [-0.1, -0.05) is 18.2 Å². The first-order chi connectivity index (χ1) is 15.2. The van der Waals surface area contributed by atoms with Crippen LogP contribution in [-0.2, 0) is 35.6 Å². The van der Waals surface area contributed by atoms with Crippen LogP contribution in [0.25, 0.3) is 10.8 Å². The fourth-order valence-electron chi connectivity index (χ4n) is 2.79. The Morgan fingerprint density at radius 1 is 1.16 bits per heavy atom. The van der Waals surface area contributed by atoms with Crippen molar-refractivity contribution >= 4 is 23.2 Å². The first-order valence-corrected chi connectivity index (χ1v) is 10.2. The lowest BCUT2D eigenvalue weighted by Crippen LogP contribution is -2.24. The number of fused-ring (bicyclic) bond motifs is 1. The summed E-state index contributed by atoms with van der Waals surface area (Å²) in [4.78, 5) is 33.9. The van der Waals surface area contributed by atoms with Crippen molar-refractivity contribution in [2.24, 2.45) is 0 Å². The topological polar surface area (TPSA) is 117 Å². The van der Waals surface area contributed by atoms with E-state index in [0.29, 0.717) is 12.4 Å². The van der Waals surface area contributed by atoms with Gasteiger partial charge in [0.1, 0.15) is 0 Å². The average Bonchev–Trinajstić information content (AvgIpc) is 3.42. The van der Waals surface area contributed by atoms with Gasteiger partial charge in [0.25, 0.3) is 0 Å². The molecule has 4 rings (SSSR count). The Hall–Kier alpha value is -3.38. The number of alkyl halides is 3. The molecule has 0 atom stereocenters. The molecule has 0 radical (unpaired) electrons. The number of benzene rings is 1. The van der Waals surface area contributed by atoms with Gasteiger partial charge in [0.2, 0.25) is 5.91 Å². The van der Waals surface area contributed by atoms with Crippen molar-refractivity contribution in [2.45, 2.75) is 32.2 Å². The highest BCUT2D eigenvalue weighted by Crippen LogP contribution is 2.20. The zero-order valence-corrected chi connectivity index (χ0v) is 17.3. The van der Waals surface area contributed by atoms with E-state index in [1.807, 2.05) is 5.38 Å². The van der Waals surface area contributed by atoms with Crippen molar-refractivity contribution < 1.29 is 27.9 Å². The number of carbonyl (C=O) groups is 2. The van der Waals surface area contributed by atoms with Gasteiger partial charge < -0.3 is 15.7 Å². The Morgan fingerprint density at radius 3 is 2.53 bits per heavy atom. The van der Waals surface area contributed by atoms with Gasteiger partial charge in [-0.3, -0.25) is 4.79 Å². The molecular weight excluding hydrogens is 447 g/mol. The summed E-state index contributed by atoms with van der Waals surface area (Å²) in [5.74, 6) is -2.21. The van der Waals surface area contributed by atoms with Crippen molar-refractivity contribution in [3.63, 3.8) is 0 Å². The molecule has 0 unspecified atom stereocenters. The molecule has 1 aromatic carbocycles. The second kappa shape index (κ2) is 10.3. The first kappa shape index (κ1) is 23.3. The molecule has 0 saturated carbocycles. The second-order valence-corrected chi connectivity index (χ2v) is 7.54. The molecule has 168 valence electrons. The lowest BCUT2D eigenvalue weighted by Gasteiger charge is -2.06. The quantitative estimate of drug-likeness (QED) is 0.530. The van der Waals surface area contributed by atoms with Crippen LogP contribution in [-0.4, -0.2) is 38.1 Å². The number of amides is 1. The molecule has 1 amide bonds. The molecule has 2 aromatic heterocycles. The van der Waals surface area contributed by atoms with Crippen molar-refractivity contribution in [1.82, 2.24) is 25.6 Å². The van der Waals surface area contributed by atoms with E-state index in [-0.39, 0.29) is 12.3 Å². The number of nitrogens with one attached hydrogen (secondary N) is 2. The van der Waals surface area contributed by atoms with Crippen LogP contribution in [0.3, 0.4) is 0 Å². The third-order valence-electron chi connectivity index (χ3n) is 4.28. The molecule has 3 N–H and O–H groups in total. The summed E-state index contributed by atoms with van der Waals surface area (Å²) in [5.41, 5.74) is 4.52. The number of nitrogens with zero attached hydrogens (tertiary/aromatic N) is 3. The summed E-state index contributed by atoms with van der Waals surface area (Å²) in [7, 11) is 0. The number of rotatable bonds is 5. The van der Waals surface area contributed by atoms with Crippen molar-refractivity contribution in [3.05, 3.63) is 64.4 Å². The van der Waals surface area contributed by atoms with Crippen LogP contribution < -0.4 is 10.6 Å². The highest BCUT2D eigenvalue weighted by Gasteiger charge is 2.38. The third kappa shape index (κ3) is 6.56. The van der Waals surface area contributed by atoms with Crippen LogP contribution in [0.5, 0.6) is 0 Å². The zero-order valence-electron chi connectivity index (χ0n) is 16.5. The Bertz CT molecular complexity index is 1090. The normalized spacial score (nSPS) is 12.5. The lowest BCUT2D eigenvalue weighted by molar-refractivity contribution is -0.192. The van der Waals surface area contributed by atoms with E-state index in [1.165, 1.54) is 22.5 Å². The van der Waals surface area contributed by atoms with Crippen LogP contribution in [0.15, 0.2) is 42.0 Å². The molecule has 3 aromatic rings. The largest absolute Gasteiger partial charge is 0.490 e. The zero-order chi connectivity index (χ0) is 23.1. The highest BCUT2D eigenvalue weighted by atomic mass is 32.1. The molecule has 0 saturated heterocycles. The summed E-state index contributed by atoms with van der Waals surface area (Å²) < 4.78 is 31.7. The molecule has 12 heteroatoms. The van der Waals surface area contributed by atoms with E-state index in [9.17, 15) is 18.0 Å². The number of carboxylic acid groups (broad SMARTS) is 1. The average molecular weight is 465 g/mol. The highest BCUT2D eigenvalue weighted by molar-refractivity contribution is 7.13. The summed E-state index contributed by atoms with van der Waals surface area (Å²) in [6.07, 6.45) is -1.46. The van der Waals surface area contributed by atoms with Crippen LogP contribution in [0.2, 0.25) is 0 Å². The van der Waals surface area contributed by atoms with Gasteiger partial charge in [-0.05, 0) is 22.8 Å². The summed E-state index contributed by atoms with van der Waals surface area (Å²) in [6, 6.07) is 8.12. The minimum Gasteiger partial charge on any atom is -0.475 e. The Balaban J connectivity index is 0.000000360. The summed E-state index contributed by atoms with van der Waals surface area (Å²) in [5, 5.41) is 16.0. The molecule has 0 fully saturated rings. The predicted octanol–water partition coefficient (Wildman–Crippen LogP) is 2.70. The van der Waals surface area contributed by atoms with Crippen LogP contribution in [0, 0.1) is 0 Å². The van der Waals surface area contributed by atoms with Crippen LogP contribution in [0.4, 0.5) is 13.2 Å². The van der Waals surface area contributed by atoms with E-state index in [1.54, 1.807) is 18.5 Å². The fourth-order valence-corrected chi connectivity index (χ4v) is 3.55. The van der Waals surface area contributed by atoms with Gasteiger partial charge in [-0.25, -0.2) is 19.7 Å². The smallest absolute Gasteiger partial charge is 0.475 e.